The Bertz CT molecular complexity index is 2350. The van der Waals surface area contributed by atoms with Crippen molar-refractivity contribution in [1.82, 2.24) is 4.72 Å². The number of carboxylic acids is 1. The van der Waals surface area contributed by atoms with Crippen LogP contribution in [0.3, 0.4) is 0 Å². The van der Waals surface area contributed by atoms with Crippen LogP contribution >= 0.6 is 7.37 Å². The van der Waals surface area contributed by atoms with E-state index >= 15 is 0 Å². The molecule has 0 bridgehead atoms. The van der Waals surface area contributed by atoms with E-state index in [4.69, 9.17) is 9.66 Å². The van der Waals surface area contributed by atoms with Crippen molar-refractivity contribution in [2.24, 2.45) is 11.8 Å². The minimum Gasteiger partial charge on any atom is -0.503 e. The second-order valence-electron chi connectivity index (χ2n) is 27.8. The van der Waals surface area contributed by atoms with E-state index in [2.05, 4.69) is 87.8 Å². The summed E-state index contributed by atoms with van der Waals surface area (Å²) in [4.78, 5) is 42.8. The number of sulfonamides is 1. The topological polar surface area (TPSA) is 264 Å². The van der Waals surface area contributed by atoms with Gasteiger partial charge in [0.2, 0.25) is 23.3 Å². The quantitative estimate of drug-likeness (QED) is 0.0176. The van der Waals surface area contributed by atoms with Crippen LogP contribution in [-0.2, 0) is 48.9 Å². The molecule has 0 aromatic heterocycles. The molecule has 0 aliphatic carbocycles. The summed E-state index contributed by atoms with van der Waals surface area (Å²) >= 11 is 0. The Balaban J connectivity index is -0.000000359. The molecular formula is C78H154F2NO14PS3. The van der Waals surface area contributed by atoms with E-state index in [0.717, 1.165) is 250 Å². The molecule has 0 spiro atoms. The Morgan fingerprint density at radius 1 is 0.455 bits per heavy atom. The molecular weight excluding hydrogens is 1340 g/mol. The maximum absolute atomic E-state index is 13.5. The number of carbonyl (C=O) groups excluding carboxylic acids is 2. The van der Waals surface area contributed by atoms with E-state index in [1.807, 2.05) is 0 Å². The number of aliphatic carboxylic acids is 1. The van der Waals surface area contributed by atoms with Gasteiger partial charge < -0.3 is 19.9 Å². The highest BCUT2D eigenvalue weighted by Gasteiger charge is 2.27. The first-order valence-electron chi connectivity index (χ1n) is 39.7. The monoisotopic (exact) mass is 1490 g/mol. The number of phenolic OH excluding ortho intramolecular Hbond substituents is 1. The van der Waals surface area contributed by atoms with Gasteiger partial charge in [-0.1, -0.05) is 314 Å². The van der Waals surface area contributed by atoms with Crippen LogP contribution in [0.5, 0.6) is 5.75 Å². The molecule has 1 atom stereocenters. The van der Waals surface area contributed by atoms with Crippen LogP contribution in [0.2, 0.25) is 0 Å². The fraction of sp³-hybridized carbons (Fsp3) is 0.885. The van der Waals surface area contributed by atoms with E-state index in [-0.39, 0.29) is 40.3 Å². The number of hydrogen-bond donors (Lipinski definition) is 5. The fourth-order valence-electron chi connectivity index (χ4n) is 11.8. The number of carbonyl (C=O) groups is 3. The number of rotatable bonds is 57. The molecule has 1 amide bonds. The number of aromatic hydroxyl groups is 1. The Morgan fingerprint density at radius 2 is 0.717 bits per heavy atom. The van der Waals surface area contributed by atoms with E-state index in [0.29, 0.717) is 37.5 Å². The average molecular weight is 1500 g/mol. The lowest BCUT2D eigenvalue weighted by Gasteiger charge is -2.19. The lowest BCUT2D eigenvalue weighted by atomic mass is 9.88. The van der Waals surface area contributed by atoms with Crippen LogP contribution in [0.4, 0.5) is 8.78 Å². The maximum Gasteiger partial charge on any atom is 0.306 e. The van der Waals surface area contributed by atoms with Gasteiger partial charge >= 0.3 is 5.97 Å². The molecule has 0 radical (unpaired) electrons. The summed E-state index contributed by atoms with van der Waals surface area (Å²) in [6, 6.07) is 2.59. The molecule has 0 saturated carbocycles. The van der Waals surface area contributed by atoms with Crippen molar-refractivity contribution in [1.29, 1.82) is 0 Å². The predicted octanol–water partition coefficient (Wildman–Crippen LogP) is 23.5. The Labute approximate surface area is 608 Å². The van der Waals surface area contributed by atoms with Crippen molar-refractivity contribution in [2.75, 3.05) is 18.7 Å². The van der Waals surface area contributed by atoms with Gasteiger partial charge in [-0.2, -0.15) is 8.42 Å². The highest BCUT2D eigenvalue weighted by Crippen LogP contribution is 2.46. The second-order valence-corrected chi connectivity index (χ2v) is 36.2. The van der Waals surface area contributed by atoms with Gasteiger partial charge in [-0.05, 0) is 101 Å². The van der Waals surface area contributed by atoms with Gasteiger partial charge in [0.05, 0.1) is 22.7 Å². The van der Waals surface area contributed by atoms with Crippen molar-refractivity contribution in [3.63, 3.8) is 0 Å². The summed E-state index contributed by atoms with van der Waals surface area (Å²) in [6.45, 7) is 27.0. The summed E-state index contributed by atoms with van der Waals surface area (Å²) in [5, 5.41) is 17.3. The SMILES string of the molecule is CCCCCC(CCCCC)C(=O)NS(C)(=O)=O.CCCCCC(CCCCC)C(=O)O.CCCCCC(CCCCC)P(C)(=O)O.CCCCCC(CCCCC)S(=O)(=O)CC=O.CCCCCC(CCCCC)S(=O)(=O)O.CCCCCC(CCCCC)c1cc(F)c(O)c(F)c1. The number of aldehydes is 1. The van der Waals surface area contributed by atoms with Crippen molar-refractivity contribution < 1.29 is 72.6 Å². The van der Waals surface area contributed by atoms with E-state index < -0.39 is 66.0 Å². The zero-order valence-electron chi connectivity index (χ0n) is 65.6. The first-order valence-corrected chi connectivity index (χ1v) is 47.0. The standard InChI is InChI=1S/C17H26F2O.C13H27NO3S.C13H26O3S.C12H27O2P.C12H24O2.C11H24O3S/c1-3-5-7-9-13(10-8-6-4-2)14-11-15(18)17(20)16(19)12-14;1-4-6-8-10-12(11-9-7-5-2)13(15)14-18(3,16)17;1-3-5-7-9-13(10-8-6-4-2)17(15,16)12-11-14;1-4-6-8-10-12(15(3,13)14)11-9-7-5-2;1-3-5-7-9-11(12(13)14)10-8-6-4-2;1-3-5-7-9-11(15(12,13)14)10-8-6-4-2/h11-13,20H,3-10H2,1-2H3;12H,4-11H2,1-3H3,(H,14,15);11,13H,3-10,12H2,1-2H3;12H,4-11H2,1-3H3,(H,13,14);11H,3-10H2,1-2H3,(H,13,14);11H,3-10H2,1-2H3,(H,12,13,14). The molecule has 0 saturated heterocycles. The molecule has 1 aromatic carbocycles. The third kappa shape index (κ3) is 66.0. The minimum atomic E-state index is -3.83. The lowest BCUT2D eigenvalue weighted by molar-refractivity contribution is -0.142. The molecule has 0 heterocycles. The molecule has 0 aliphatic rings. The van der Waals surface area contributed by atoms with E-state index in [1.165, 1.54) is 57.3 Å². The number of carboxylic acid groups (broad SMARTS) is 1. The first-order chi connectivity index (χ1) is 46.8. The van der Waals surface area contributed by atoms with E-state index in [1.54, 1.807) is 0 Å². The number of amides is 1. The van der Waals surface area contributed by atoms with Crippen LogP contribution in [0, 0.1) is 23.5 Å². The molecule has 21 heteroatoms. The molecule has 1 unspecified atom stereocenters. The number of hydrogen-bond acceptors (Lipinski definition) is 11. The largest absolute Gasteiger partial charge is 0.503 e. The smallest absolute Gasteiger partial charge is 0.306 e. The van der Waals surface area contributed by atoms with Gasteiger partial charge in [0.25, 0.3) is 10.1 Å². The molecule has 15 nitrogen and oxygen atoms in total. The van der Waals surface area contributed by atoms with Crippen LogP contribution in [0.1, 0.15) is 403 Å². The number of unbranched alkanes of at least 4 members (excludes halogenated alkanes) is 24. The van der Waals surface area contributed by atoms with Crippen molar-refractivity contribution >= 4 is 55.5 Å². The van der Waals surface area contributed by atoms with Gasteiger partial charge in [-0.15, -0.1) is 0 Å². The Kier molecular flexibility index (Phi) is 74.1. The van der Waals surface area contributed by atoms with Gasteiger partial charge in [-0.3, -0.25) is 23.4 Å². The lowest BCUT2D eigenvalue weighted by Crippen LogP contribution is -2.35. The third-order valence-electron chi connectivity index (χ3n) is 18.2. The summed E-state index contributed by atoms with van der Waals surface area (Å²) in [7, 11) is -13.3. The van der Waals surface area contributed by atoms with Crippen LogP contribution in [-0.4, -0.2) is 97.9 Å². The Hall–Kier alpha value is -2.51. The molecule has 1 rings (SSSR count). The molecule has 592 valence electrons. The molecule has 99 heavy (non-hydrogen) atoms. The first kappa shape index (κ1) is 105. The third-order valence-corrected chi connectivity index (χ3v) is 24.0. The van der Waals surface area contributed by atoms with Crippen LogP contribution in [0.15, 0.2) is 12.1 Å². The highest BCUT2D eigenvalue weighted by atomic mass is 32.2. The molecule has 0 fully saturated rings. The molecule has 1 aromatic rings. The average Bonchev–Trinajstić information content (AvgIpc) is 0.849. The zero-order chi connectivity index (χ0) is 76.4. The number of halogens is 2. The maximum atomic E-state index is 13.5. The summed E-state index contributed by atoms with van der Waals surface area (Å²) in [5.74, 6) is -3.86. The van der Waals surface area contributed by atoms with Crippen molar-refractivity contribution in [3.05, 3.63) is 29.3 Å². The van der Waals surface area contributed by atoms with Gasteiger partial charge in [0, 0.05) is 18.2 Å². The second kappa shape index (κ2) is 69.8. The predicted molar refractivity (Wildman–Crippen MR) is 417 cm³/mol. The van der Waals surface area contributed by atoms with E-state index in [9.17, 15) is 63.0 Å². The van der Waals surface area contributed by atoms with Gasteiger partial charge in [0.15, 0.2) is 27.2 Å². The van der Waals surface area contributed by atoms with Crippen LogP contribution in [0.25, 0.3) is 0 Å². The van der Waals surface area contributed by atoms with Crippen LogP contribution < -0.4 is 4.72 Å². The molecule has 0 aliphatic heterocycles. The minimum absolute atomic E-state index is 0.0515. The highest BCUT2D eigenvalue weighted by molar-refractivity contribution is 7.92. The number of phenols is 1. The fourth-order valence-corrected chi connectivity index (χ4v) is 16.1. The molecule has 5 N–H and O–H groups in total. The normalized spacial score (nSPS) is 12.2. The van der Waals surface area contributed by atoms with Crippen molar-refractivity contribution in [2.45, 2.75) is 413 Å². The van der Waals surface area contributed by atoms with Crippen molar-refractivity contribution in [3.8, 4) is 5.75 Å². The summed E-state index contributed by atoms with van der Waals surface area (Å²) in [6.07, 6.45) is 50.4. The number of sulfone groups is 1. The summed E-state index contributed by atoms with van der Waals surface area (Å²) < 4.78 is 118. The number of nitrogens with one attached hydrogen (secondary N) is 1. The van der Waals surface area contributed by atoms with Gasteiger partial charge in [0.1, 0.15) is 12.0 Å². The van der Waals surface area contributed by atoms with Gasteiger partial charge in [-0.25, -0.2) is 25.6 Å². The zero-order valence-corrected chi connectivity index (χ0v) is 69.0. The Morgan fingerprint density at radius 3 is 0.970 bits per heavy atom. The summed E-state index contributed by atoms with van der Waals surface area (Å²) in [5.41, 5.74) is 0.737. The number of benzene rings is 1.